The Hall–Kier alpha value is -2.33. The molecule has 1 aliphatic carbocycles. The van der Waals surface area contributed by atoms with Crippen molar-refractivity contribution in [3.8, 4) is 0 Å². The number of benzene rings is 2. The van der Waals surface area contributed by atoms with Crippen molar-refractivity contribution in [2.24, 2.45) is 11.7 Å². The summed E-state index contributed by atoms with van der Waals surface area (Å²) in [6.07, 6.45) is 3.76. The first-order valence-electron chi connectivity index (χ1n) is 8.18. The number of nitrogens with two attached hydrogens (primary N) is 1. The van der Waals surface area contributed by atoms with E-state index in [-0.39, 0.29) is 11.9 Å². The topological polar surface area (TPSA) is 67.2 Å². The molecule has 1 aliphatic rings. The van der Waals surface area contributed by atoms with Gasteiger partial charge in [-0.05, 0) is 55.2 Å². The molecule has 3 rings (SSSR count). The fourth-order valence-electron chi connectivity index (χ4n) is 3.09. The molecule has 23 heavy (non-hydrogen) atoms. The third-order valence-electron chi connectivity index (χ3n) is 4.40. The number of amides is 1. The molecular weight excluding hydrogens is 286 g/mol. The average Bonchev–Trinajstić information content (AvgIpc) is 2.95. The van der Waals surface area contributed by atoms with Crippen LogP contribution in [-0.4, -0.2) is 11.9 Å². The van der Waals surface area contributed by atoms with Crippen LogP contribution in [0.2, 0.25) is 0 Å². The molecule has 2 atom stereocenters. The highest BCUT2D eigenvalue weighted by atomic mass is 16.1. The summed E-state index contributed by atoms with van der Waals surface area (Å²) in [5.41, 5.74) is 8.88. The normalized spacial score (nSPS) is 20.2. The van der Waals surface area contributed by atoms with Crippen LogP contribution in [0.3, 0.4) is 0 Å². The fraction of sp³-hybridized carbons (Fsp3) is 0.316. The van der Waals surface area contributed by atoms with E-state index in [2.05, 4.69) is 10.6 Å². The Balaban J connectivity index is 1.54. The minimum Gasteiger partial charge on any atom is -0.356 e. The maximum Gasteiger partial charge on any atom is 0.224 e. The first-order chi connectivity index (χ1) is 11.2. The second-order valence-corrected chi connectivity index (χ2v) is 6.18. The van der Waals surface area contributed by atoms with Gasteiger partial charge in [-0.3, -0.25) is 4.79 Å². The molecule has 0 aromatic heterocycles. The van der Waals surface area contributed by atoms with Crippen LogP contribution in [0.25, 0.3) is 0 Å². The fourth-order valence-corrected chi connectivity index (χ4v) is 3.09. The van der Waals surface area contributed by atoms with Gasteiger partial charge in [-0.25, -0.2) is 0 Å². The van der Waals surface area contributed by atoms with Crippen LogP contribution < -0.4 is 16.4 Å². The smallest absolute Gasteiger partial charge is 0.224 e. The van der Waals surface area contributed by atoms with Gasteiger partial charge in [0.15, 0.2) is 0 Å². The number of anilines is 3. The van der Waals surface area contributed by atoms with Gasteiger partial charge in [0, 0.05) is 29.5 Å². The van der Waals surface area contributed by atoms with Crippen molar-refractivity contribution in [2.75, 3.05) is 10.6 Å². The van der Waals surface area contributed by atoms with Gasteiger partial charge in [0.2, 0.25) is 5.91 Å². The number of hydrogen-bond donors (Lipinski definition) is 3. The molecule has 1 saturated carbocycles. The van der Waals surface area contributed by atoms with E-state index in [1.807, 2.05) is 54.6 Å². The third kappa shape index (κ3) is 4.33. The summed E-state index contributed by atoms with van der Waals surface area (Å²) < 4.78 is 0. The molecular formula is C19H23N3O. The summed E-state index contributed by atoms with van der Waals surface area (Å²) in [5.74, 6) is 0.380. The summed E-state index contributed by atoms with van der Waals surface area (Å²) in [5, 5.41) is 6.28. The highest BCUT2D eigenvalue weighted by molar-refractivity contribution is 5.91. The van der Waals surface area contributed by atoms with Gasteiger partial charge in [0.05, 0.1) is 0 Å². The molecule has 2 aromatic rings. The largest absolute Gasteiger partial charge is 0.356 e. The zero-order chi connectivity index (χ0) is 16.1. The second kappa shape index (κ2) is 7.29. The molecule has 0 radical (unpaired) electrons. The molecule has 0 aliphatic heterocycles. The Bertz CT molecular complexity index is 639. The van der Waals surface area contributed by atoms with Crippen molar-refractivity contribution in [3.63, 3.8) is 0 Å². The molecule has 0 spiro atoms. The van der Waals surface area contributed by atoms with E-state index in [0.717, 1.165) is 36.3 Å². The predicted octanol–water partition coefficient (Wildman–Crippen LogP) is 3.89. The number of carbonyl (C=O) groups is 1. The van der Waals surface area contributed by atoms with Gasteiger partial charge in [0.25, 0.3) is 0 Å². The molecule has 2 aromatic carbocycles. The van der Waals surface area contributed by atoms with Gasteiger partial charge >= 0.3 is 0 Å². The van der Waals surface area contributed by atoms with Gasteiger partial charge in [-0.2, -0.15) is 0 Å². The van der Waals surface area contributed by atoms with Crippen LogP contribution in [-0.2, 0) is 4.79 Å². The van der Waals surface area contributed by atoms with E-state index in [0.29, 0.717) is 12.3 Å². The molecule has 4 nitrogen and oxygen atoms in total. The molecule has 4 heteroatoms. The lowest BCUT2D eigenvalue weighted by atomic mass is 10.00. The first-order valence-corrected chi connectivity index (χ1v) is 8.18. The Morgan fingerprint density at radius 3 is 2.26 bits per heavy atom. The van der Waals surface area contributed by atoms with Crippen molar-refractivity contribution in [3.05, 3.63) is 54.6 Å². The zero-order valence-corrected chi connectivity index (χ0v) is 13.2. The molecule has 0 unspecified atom stereocenters. The van der Waals surface area contributed by atoms with Crippen LogP contribution in [0.1, 0.15) is 25.7 Å². The minimum absolute atomic E-state index is 0.0520. The van der Waals surface area contributed by atoms with E-state index >= 15 is 0 Å². The molecule has 0 bridgehead atoms. The minimum atomic E-state index is 0.0520. The highest BCUT2D eigenvalue weighted by Gasteiger charge is 2.25. The van der Waals surface area contributed by atoms with Crippen molar-refractivity contribution < 1.29 is 4.79 Å². The lowest BCUT2D eigenvalue weighted by Gasteiger charge is -2.15. The maximum absolute atomic E-state index is 12.1. The van der Waals surface area contributed by atoms with E-state index in [1.165, 1.54) is 0 Å². The highest BCUT2D eigenvalue weighted by Crippen LogP contribution is 2.27. The van der Waals surface area contributed by atoms with Crippen LogP contribution in [0.5, 0.6) is 0 Å². The summed E-state index contributed by atoms with van der Waals surface area (Å²) in [7, 11) is 0. The van der Waals surface area contributed by atoms with E-state index in [4.69, 9.17) is 5.73 Å². The second-order valence-electron chi connectivity index (χ2n) is 6.18. The summed E-state index contributed by atoms with van der Waals surface area (Å²) in [6.45, 7) is 0. The number of carbonyl (C=O) groups excluding carboxylic acids is 1. The van der Waals surface area contributed by atoms with Gasteiger partial charge in [0.1, 0.15) is 0 Å². The summed E-state index contributed by atoms with van der Waals surface area (Å²) in [6, 6.07) is 17.9. The first kappa shape index (κ1) is 15.6. The van der Waals surface area contributed by atoms with Gasteiger partial charge in [-0.1, -0.05) is 24.6 Å². The summed E-state index contributed by atoms with van der Waals surface area (Å²) in [4.78, 5) is 12.1. The van der Waals surface area contributed by atoms with Crippen LogP contribution in [0.15, 0.2) is 54.6 Å². The number of hydrogen-bond acceptors (Lipinski definition) is 3. The van der Waals surface area contributed by atoms with Crippen molar-refractivity contribution in [1.82, 2.24) is 0 Å². The third-order valence-corrected chi connectivity index (χ3v) is 4.40. The number of para-hydroxylation sites is 1. The number of nitrogens with one attached hydrogen (secondary N) is 2. The molecule has 1 amide bonds. The van der Waals surface area contributed by atoms with E-state index in [1.54, 1.807) is 0 Å². The standard InChI is InChI=1S/C19H23N3O/c20-18-8-4-5-14(18)13-19(23)22-17-11-9-16(10-12-17)21-15-6-2-1-3-7-15/h1-3,6-7,9-12,14,18,21H,4-5,8,13,20H2,(H,22,23)/t14-,18+/m0/s1. The Morgan fingerprint density at radius 2 is 1.61 bits per heavy atom. The molecule has 120 valence electrons. The lowest BCUT2D eigenvalue weighted by Crippen LogP contribution is -2.28. The van der Waals surface area contributed by atoms with Crippen LogP contribution >= 0.6 is 0 Å². The number of rotatable bonds is 5. The van der Waals surface area contributed by atoms with Crippen molar-refractivity contribution in [2.45, 2.75) is 31.7 Å². The van der Waals surface area contributed by atoms with E-state index < -0.39 is 0 Å². The van der Waals surface area contributed by atoms with E-state index in [9.17, 15) is 4.79 Å². The Morgan fingerprint density at radius 1 is 0.957 bits per heavy atom. The van der Waals surface area contributed by atoms with Crippen molar-refractivity contribution >= 4 is 23.0 Å². The average molecular weight is 309 g/mol. The molecule has 0 heterocycles. The Labute approximate surface area is 137 Å². The molecule has 1 fully saturated rings. The monoisotopic (exact) mass is 309 g/mol. The zero-order valence-electron chi connectivity index (χ0n) is 13.2. The van der Waals surface area contributed by atoms with Gasteiger partial charge in [-0.15, -0.1) is 0 Å². The summed E-state index contributed by atoms with van der Waals surface area (Å²) >= 11 is 0. The van der Waals surface area contributed by atoms with Gasteiger partial charge < -0.3 is 16.4 Å². The Kier molecular flexibility index (Phi) is 4.93. The molecule has 0 saturated heterocycles. The SMILES string of the molecule is N[C@@H]1CCC[C@H]1CC(=O)Nc1ccc(Nc2ccccc2)cc1. The quantitative estimate of drug-likeness (QED) is 0.785. The van der Waals surface area contributed by atoms with Crippen LogP contribution in [0, 0.1) is 5.92 Å². The molecule has 4 N–H and O–H groups in total. The van der Waals surface area contributed by atoms with Crippen molar-refractivity contribution in [1.29, 1.82) is 0 Å². The predicted molar refractivity (Wildman–Crippen MR) is 94.7 cm³/mol. The van der Waals surface area contributed by atoms with Crippen LogP contribution in [0.4, 0.5) is 17.1 Å². The lowest BCUT2D eigenvalue weighted by molar-refractivity contribution is -0.117. The maximum atomic E-state index is 12.1.